The lowest BCUT2D eigenvalue weighted by atomic mass is 10.1. The molecule has 1 fully saturated rings. The highest BCUT2D eigenvalue weighted by Crippen LogP contribution is 2.57. The molecule has 1 N–H and O–H groups in total. The summed E-state index contributed by atoms with van der Waals surface area (Å²) in [6.07, 6.45) is -2.97. The van der Waals surface area contributed by atoms with E-state index in [9.17, 15) is 18.0 Å². The Morgan fingerprint density at radius 3 is 2.59 bits per heavy atom. The number of hydrogen-bond acceptors (Lipinski definition) is 2. The van der Waals surface area contributed by atoms with E-state index in [4.69, 9.17) is 0 Å². The summed E-state index contributed by atoms with van der Waals surface area (Å²) >= 11 is 1.25. The van der Waals surface area contributed by atoms with E-state index in [-0.39, 0.29) is 11.6 Å². The van der Waals surface area contributed by atoms with Crippen molar-refractivity contribution in [3.8, 4) is 0 Å². The molecule has 0 unspecified atom stereocenters. The first kappa shape index (κ1) is 11.0. The lowest BCUT2D eigenvalue weighted by molar-refractivity contribution is -0.137. The van der Waals surface area contributed by atoms with Gasteiger partial charge in [0, 0.05) is 4.90 Å². The molecule has 0 atom stereocenters. The molecule has 1 saturated carbocycles. The smallest absolute Gasteiger partial charge is 0.323 e. The van der Waals surface area contributed by atoms with Gasteiger partial charge < -0.3 is 5.32 Å². The van der Waals surface area contributed by atoms with Crippen LogP contribution in [0, 0.1) is 0 Å². The van der Waals surface area contributed by atoms with Crippen LogP contribution >= 0.6 is 11.8 Å². The van der Waals surface area contributed by atoms with Crippen molar-refractivity contribution in [2.45, 2.75) is 28.7 Å². The highest BCUT2D eigenvalue weighted by molar-refractivity contribution is 8.02. The van der Waals surface area contributed by atoms with E-state index in [2.05, 4.69) is 5.32 Å². The molecule has 17 heavy (non-hydrogen) atoms. The number of carbonyl (C=O) groups excluding carboxylic acids is 1. The van der Waals surface area contributed by atoms with Crippen LogP contribution in [0.25, 0.3) is 0 Å². The molecule has 0 saturated heterocycles. The van der Waals surface area contributed by atoms with Crippen molar-refractivity contribution in [3.63, 3.8) is 0 Å². The molecule has 6 heteroatoms. The molecule has 3 rings (SSSR count). The number of halogens is 3. The summed E-state index contributed by atoms with van der Waals surface area (Å²) in [6, 6.07) is 3.99. The van der Waals surface area contributed by atoms with Crippen LogP contribution in [0.15, 0.2) is 23.1 Å². The molecule has 2 nitrogen and oxygen atoms in total. The number of anilines is 1. The second-order valence-corrected chi connectivity index (χ2v) is 5.65. The first-order valence-corrected chi connectivity index (χ1v) is 5.95. The van der Waals surface area contributed by atoms with Gasteiger partial charge in [0.15, 0.2) is 0 Å². The van der Waals surface area contributed by atoms with Crippen molar-refractivity contribution in [1.82, 2.24) is 0 Å². The highest BCUT2D eigenvalue weighted by Gasteiger charge is 2.54. The second-order valence-electron chi connectivity index (χ2n) is 4.23. The van der Waals surface area contributed by atoms with E-state index in [1.54, 1.807) is 6.07 Å². The first-order chi connectivity index (χ1) is 7.92. The van der Waals surface area contributed by atoms with Gasteiger partial charge in [-0.1, -0.05) is 6.07 Å². The summed E-state index contributed by atoms with van der Waals surface area (Å²) < 4.78 is 37.7. The zero-order chi connectivity index (χ0) is 12.3. The van der Waals surface area contributed by atoms with Gasteiger partial charge in [-0.15, -0.1) is 11.8 Å². The molecule has 2 aliphatic rings. The Bertz CT molecular complexity index is 508. The predicted octanol–water partition coefficient (Wildman–Crippen LogP) is 3.28. The van der Waals surface area contributed by atoms with Crippen LogP contribution in [0.1, 0.15) is 18.4 Å². The maximum absolute atomic E-state index is 12.8. The van der Waals surface area contributed by atoms with Gasteiger partial charge in [-0.3, -0.25) is 4.79 Å². The Balaban J connectivity index is 2.10. The lowest BCUT2D eigenvalue weighted by Crippen LogP contribution is -2.32. The molecule has 1 spiro atoms. The number of benzene rings is 1. The highest BCUT2D eigenvalue weighted by atomic mass is 32.2. The monoisotopic (exact) mass is 259 g/mol. The fraction of sp³-hybridized carbons (Fsp3) is 0.364. The van der Waals surface area contributed by atoms with Gasteiger partial charge in [0.1, 0.15) is 0 Å². The third kappa shape index (κ3) is 1.62. The quantitative estimate of drug-likeness (QED) is 0.774. The molecule has 0 aromatic heterocycles. The molecule has 0 bridgehead atoms. The maximum Gasteiger partial charge on any atom is 0.418 e. The molecular formula is C11H8F3NOS. The number of fused-ring (bicyclic) bond motifs is 1. The summed E-state index contributed by atoms with van der Waals surface area (Å²) in [6.45, 7) is 0. The third-order valence-electron chi connectivity index (χ3n) is 2.99. The van der Waals surface area contributed by atoms with E-state index in [1.807, 2.05) is 0 Å². The summed E-state index contributed by atoms with van der Waals surface area (Å²) in [5, 5.41) is 2.41. The van der Waals surface area contributed by atoms with Gasteiger partial charge >= 0.3 is 6.18 Å². The molecule has 1 aromatic carbocycles. The predicted molar refractivity (Wildman–Crippen MR) is 57.9 cm³/mol. The minimum atomic E-state index is -4.44. The van der Waals surface area contributed by atoms with Crippen LogP contribution in [-0.4, -0.2) is 10.7 Å². The Morgan fingerprint density at radius 1 is 1.29 bits per heavy atom. The third-order valence-corrected chi connectivity index (χ3v) is 4.54. The average Bonchev–Trinajstić information content (AvgIpc) is 2.98. The van der Waals surface area contributed by atoms with Crippen molar-refractivity contribution in [1.29, 1.82) is 0 Å². The second kappa shape index (κ2) is 3.19. The van der Waals surface area contributed by atoms with Crippen molar-refractivity contribution < 1.29 is 18.0 Å². The van der Waals surface area contributed by atoms with Gasteiger partial charge in [0.05, 0.1) is 16.0 Å². The SMILES string of the molecule is O=C1Nc2c(cccc2C(F)(F)F)SC12CC2. The van der Waals surface area contributed by atoms with Crippen molar-refractivity contribution in [2.75, 3.05) is 5.32 Å². The first-order valence-electron chi connectivity index (χ1n) is 5.13. The summed E-state index contributed by atoms with van der Waals surface area (Å²) in [5.41, 5.74) is -0.862. The van der Waals surface area contributed by atoms with Crippen molar-refractivity contribution >= 4 is 23.4 Å². The standard InChI is InChI=1S/C11H8F3NOS/c12-11(13,14)6-2-1-3-7-8(6)15-9(16)10(17-7)4-5-10/h1-3H,4-5H2,(H,15,16). The zero-order valence-corrected chi connectivity index (χ0v) is 9.41. The van der Waals surface area contributed by atoms with Gasteiger partial charge in [0.2, 0.25) is 5.91 Å². The van der Waals surface area contributed by atoms with Crippen molar-refractivity contribution in [3.05, 3.63) is 23.8 Å². The minimum absolute atomic E-state index is 0.0903. The minimum Gasteiger partial charge on any atom is -0.323 e. The largest absolute Gasteiger partial charge is 0.418 e. The lowest BCUT2D eigenvalue weighted by Gasteiger charge is -2.26. The zero-order valence-electron chi connectivity index (χ0n) is 8.60. The number of alkyl halides is 3. The normalized spacial score (nSPS) is 21.0. The number of carbonyl (C=O) groups is 1. The van der Waals surface area contributed by atoms with Crippen LogP contribution in [-0.2, 0) is 11.0 Å². The Hall–Kier alpha value is -1.17. The van der Waals surface area contributed by atoms with Crippen LogP contribution in [0.3, 0.4) is 0 Å². The fourth-order valence-corrected chi connectivity index (χ4v) is 3.19. The number of amides is 1. The van der Waals surface area contributed by atoms with Crippen LogP contribution in [0.2, 0.25) is 0 Å². The van der Waals surface area contributed by atoms with Gasteiger partial charge in [-0.05, 0) is 25.0 Å². The van der Waals surface area contributed by atoms with E-state index >= 15 is 0 Å². The Morgan fingerprint density at radius 2 is 2.00 bits per heavy atom. The Kier molecular flexibility index (Phi) is 2.05. The number of hydrogen-bond donors (Lipinski definition) is 1. The Labute approximate surface area is 99.6 Å². The average molecular weight is 259 g/mol. The molecule has 1 aromatic rings. The molecule has 1 heterocycles. The molecule has 1 amide bonds. The maximum atomic E-state index is 12.8. The summed E-state index contributed by atoms with van der Waals surface area (Å²) in [4.78, 5) is 12.2. The van der Waals surface area contributed by atoms with E-state index in [0.29, 0.717) is 4.90 Å². The number of nitrogens with one attached hydrogen (secondary N) is 1. The van der Waals surface area contributed by atoms with Gasteiger partial charge in [0.25, 0.3) is 0 Å². The van der Waals surface area contributed by atoms with Crippen LogP contribution in [0.4, 0.5) is 18.9 Å². The summed E-state index contributed by atoms with van der Waals surface area (Å²) in [5.74, 6) is -0.299. The number of thioether (sulfide) groups is 1. The molecule has 0 radical (unpaired) electrons. The molecule has 1 aliphatic carbocycles. The number of rotatable bonds is 0. The topological polar surface area (TPSA) is 29.1 Å². The van der Waals surface area contributed by atoms with E-state index < -0.39 is 16.5 Å². The fourth-order valence-electron chi connectivity index (χ4n) is 1.91. The van der Waals surface area contributed by atoms with Crippen LogP contribution in [0.5, 0.6) is 0 Å². The molecule has 90 valence electrons. The number of para-hydroxylation sites is 1. The van der Waals surface area contributed by atoms with Crippen LogP contribution < -0.4 is 5.32 Å². The molecule has 1 aliphatic heterocycles. The van der Waals surface area contributed by atoms with Gasteiger partial charge in [-0.25, -0.2) is 0 Å². The van der Waals surface area contributed by atoms with E-state index in [1.165, 1.54) is 17.8 Å². The van der Waals surface area contributed by atoms with E-state index in [0.717, 1.165) is 18.9 Å². The summed E-state index contributed by atoms with van der Waals surface area (Å²) in [7, 11) is 0. The molecular weight excluding hydrogens is 251 g/mol. The van der Waals surface area contributed by atoms with Gasteiger partial charge in [-0.2, -0.15) is 13.2 Å². The van der Waals surface area contributed by atoms with Crippen molar-refractivity contribution in [2.24, 2.45) is 0 Å².